The van der Waals surface area contributed by atoms with Gasteiger partial charge in [-0.05, 0) is 37.1 Å². The first kappa shape index (κ1) is 14.9. The molecule has 1 aromatic carbocycles. The van der Waals surface area contributed by atoms with Gasteiger partial charge in [0.2, 0.25) is 5.91 Å². The summed E-state index contributed by atoms with van der Waals surface area (Å²) in [5.74, 6) is 0.277. The van der Waals surface area contributed by atoms with E-state index >= 15 is 0 Å². The Morgan fingerprint density at radius 3 is 2.14 bits per heavy atom. The molecule has 2 unspecified atom stereocenters. The lowest BCUT2D eigenvalue weighted by Crippen LogP contribution is -2.58. The molecule has 0 saturated carbocycles. The fraction of sp³-hybridized carbons (Fsp3) is 0.556. The number of nitriles is 1. The second-order valence-electron chi connectivity index (χ2n) is 7.41. The zero-order valence-electron chi connectivity index (χ0n) is 13.5. The Labute approximate surface area is 132 Å². The van der Waals surface area contributed by atoms with Crippen LogP contribution in [-0.2, 0) is 4.79 Å². The zero-order valence-corrected chi connectivity index (χ0v) is 13.5. The molecule has 0 radical (unpaired) electrons. The molecule has 116 valence electrons. The Morgan fingerprint density at radius 1 is 1.14 bits per heavy atom. The third-order valence-corrected chi connectivity index (χ3v) is 4.72. The normalized spacial score (nSPS) is 24.3. The average Bonchev–Trinajstić information content (AvgIpc) is 2.75. The minimum absolute atomic E-state index is 0.277. The molecule has 4 heteroatoms. The van der Waals surface area contributed by atoms with Gasteiger partial charge in [0.25, 0.3) is 0 Å². The summed E-state index contributed by atoms with van der Waals surface area (Å²) in [5, 5.41) is 8.90. The van der Waals surface area contributed by atoms with Crippen molar-refractivity contribution in [2.24, 2.45) is 5.41 Å². The van der Waals surface area contributed by atoms with E-state index < -0.39 is 0 Å². The van der Waals surface area contributed by atoms with Crippen LogP contribution >= 0.6 is 0 Å². The number of nitrogens with zero attached hydrogens (tertiary/aromatic N) is 3. The highest BCUT2D eigenvalue weighted by Crippen LogP contribution is 2.35. The summed E-state index contributed by atoms with van der Waals surface area (Å²) >= 11 is 0. The first-order chi connectivity index (χ1) is 10.4. The highest BCUT2D eigenvalue weighted by molar-refractivity contribution is 5.83. The Bertz CT molecular complexity index is 595. The Kier molecular flexibility index (Phi) is 3.60. The van der Waals surface area contributed by atoms with Crippen LogP contribution in [0, 0.1) is 16.7 Å². The topological polar surface area (TPSA) is 47.3 Å². The Morgan fingerprint density at radius 2 is 1.68 bits per heavy atom. The van der Waals surface area contributed by atoms with Crippen LogP contribution in [0.1, 0.15) is 39.2 Å². The van der Waals surface area contributed by atoms with Gasteiger partial charge in [-0.15, -0.1) is 0 Å². The van der Waals surface area contributed by atoms with Gasteiger partial charge in [-0.3, -0.25) is 4.79 Å². The van der Waals surface area contributed by atoms with Gasteiger partial charge in [-0.1, -0.05) is 20.8 Å². The molecule has 0 spiro atoms. The van der Waals surface area contributed by atoms with E-state index in [9.17, 15) is 4.79 Å². The average molecular weight is 297 g/mol. The van der Waals surface area contributed by atoms with E-state index in [2.05, 4.69) is 15.9 Å². The summed E-state index contributed by atoms with van der Waals surface area (Å²) in [5.41, 5.74) is 1.53. The smallest absolute Gasteiger partial charge is 0.228 e. The number of carbonyl (C=O) groups excluding carboxylic acids is 1. The van der Waals surface area contributed by atoms with Crippen molar-refractivity contribution in [1.82, 2.24) is 4.90 Å². The molecule has 1 amide bonds. The maximum atomic E-state index is 12.7. The van der Waals surface area contributed by atoms with Crippen molar-refractivity contribution in [3.8, 4) is 6.07 Å². The molecule has 2 heterocycles. The molecule has 0 aliphatic carbocycles. The van der Waals surface area contributed by atoms with Crippen molar-refractivity contribution in [1.29, 1.82) is 5.26 Å². The van der Waals surface area contributed by atoms with E-state index in [-0.39, 0.29) is 11.3 Å². The van der Waals surface area contributed by atoms with Gasteiger partial charge in [0.1, 0.15) is 0 Å². The molecule has 0 N–H and O–H groups in total. The molecule has 2 bridgehead atoms. The third kappa shape index (κ3) is 2.56. The zero-order chi connectivity index (χ0) is 15.9. The fourth-order valence-corrected chi connectivity index (χ4v) is 3.58. The molecule has 0 aromatic heterocycles. The van der Waals surface area contributed by atoms with Crippen LogP contribution < -0.4 is 4.90 Å². The molecule has 2 atom stereocenters. The van der Waals surface area contributed by atoms with Crippen LogP contribution in [0.3, 0.4) is 0 Å². The van der Waals surface area contributed by atoms with Crippen LogP contribution in [0.25, 0.3) is 0 Å². The predicted octanol–water partition coefficient (Wildman–Crippen LogP) is 2.78. The van der Waals surface area contributed by atoms with Crippen molar-refractivity contribution in [2.45, 2.75) is 45.7 Å². The van der Waals surface area contributed by atoms with Gasteiger partial charge in [0, 0.05) is 36.3 Å². The van der Waals surface area contributed by atoms with Crippen LogP contribution in [0.5, 0.6) is 0 Å². The summed E-state index contributed by atoms with van der Waals surface area (Å²) in [7, 11) is 0. The molecule has 2 aliphatic rings. The number of rotatable bonds is 1. The Balaban J connectivity index is 1.77. The van der Waals surface area contributed by atoms with Gasteiger partial charge in [-0.2, -0.15) is 5.26 Å². The molecule has 3 rings (SSSR count). The first-order valence-electron chi connectivity index (χ1n) is 7.98. The minimum Gasteiger partial charge on any atom is -0.367 e. The number of fused-ring (bicyclic) bond motifs is 2. The lowest BCUT2D eigenvalue weighted by Gasteiger charge is -2.44. The lowest BCUT2D eigenvalue weighted by molar-refractivity contribution is -0.143. The van der Waals surface area contributed by atoms with Crippen LogP contribution in [0.2, 0.25) is 0 Å². The number of piperazine rings is 1. The third-order valence-electron chi connectivity index (χ3n) is 4.72. The number of hydrogen-bond acceptors (Lipinski definition) is 3. The van der Waals surface area contributed by atoms with Crippen molar-refractivity contribution >= 4 is 11.6 Å². The van der Waals surface area contributed by atoms with Gasteiger partial charge in [0.15, 0.2) is 0 Å². The van der Waals surface area contributed by atoms with E-state index in [1.54, 1.807) is 0 Å². The number of carbonyl (C=O) groups is 1. The molecule has 22 heavy (non-hydrogen) atoms. The molecule has 1 aromatic rings. The number of amides is 1. The minimum atomic E-state index is -0.308. The van der Waals surface area contributed by atoms with Crippen LogP contribution in [0.4, 0.5) is 5.69 Å². The van der Waals surface area contributed by atoms with Crippen molar-refractivity contribution in [3.05, 3.63) is 29.8 Å². The monoisotopic (exact) mass is 297 g/mol. The molecule has 2 fully saturated rings. The summed E-state index contributed by atoms with van der Waals surface area (Å²) in [6, 6.07) is 10.6. The van der Waals surface area contributed by atoms with Crippen molar-refractivity contribution in [3.63, 3.8) is 0 Å². The molecule has 2 saturated heterocycles. The van der Waals surface area contributed by atoms with Gasteiger partial charge in [0.05, 0.1) is 11.6 Å². The van der Waals surface area contributed by atoms with E-state index in [1.165, 1.54) is 0 Å². The second kappa shape index (κ2) is 5.31. The number of benzene rings is 1. The van der Waals surface area contributed by atoms with Gasteiger partial charge < -0.3 is 9.80 Å². The largest absolute Gasteiger partial charge is 0.367 e. The molecule has 4 nitrogen and oxygen atoms in total. The second-order valence-corrected chi connectivity index (χ2v) is 7.41. The van der Waals surface area contributed by atoms with Crippen molar-refractivity contribution < 1.29 is 4.79 Å². The first-order valence-corrected chi connectivity index (χ1v) is 7.98. The summed E-state index contributed by atoms with van der Waals surface area (Å²) in [6.07, 6.45) is 2.19. The highest BCUT2D eigenvalue weighted by atomic mass is 16.2. The lowest BCUT2D eigenvalue weighted by atomic mass is 9.93. The van der Waals surface area contributed by atoms with Gasteiger partial charge in [-0.25, -0.2) is 0 Å². The molecule has 2 aliphatic heterocycles. The molecular weight excluding hydrogens is 274 g/mol. The number of anilines is 1. The van der Waals surface area contributed by atoms with E-state index in [0.717, 1.165) is 31.6 Å². The summed E-state index contributed by atoms with van der Waals surface area (Å²) in [4.78, 5) is 17.2. The highest BCUT2D eigenvalue weighted by Gasteiger charge is 2.45. The van der Waals surface area contributed by atoms with Crippen LogP contribution in [-0.4, -0.2) is 36.0 Å². The fourth-order valence-electron chi connectivity index (χ4n) is 3.58. The van der Waals surface area contributed by atoms with Gasteiger partial charge >= 0.3 is 0 Å². The number of hydrogen-bond donors (Lipinski definition) is 0. The van der Waals surface area contributed by atoms with E-state index in [0.29, 0.717) is 17.6 Å². The SMILES string of the molecule is CC(C)(C)C(=O)N1C2CCC1CN(c1ccc(C#N)cc1)C2. The van der Waals surface area contributed by atoms with E-state index in [4.69, 9.17) is 5.26 Å². The quantitative estimate of drug-likeness (QED) is 0.801. The Hall–Kier alpha value is -2.02. The maximum absolute atomic E-state index is 12.7. The predicted molar refractivity (Wildman–Crippen MR) is 86.5 cm³/mol. The van der Waals surface area contributed by atoms with E-state index in [1.807, 2.05) is 45.0 Å². The summed E-state index contributed by atoms with van der Waals surface area (Å²) in [6.45, 7) is 7.79. The van der Waals surface area contributed by atoms with Crippen LogP contribution in [0.15, 0.2) is 24.3 Å². The maximum Gasteiger partial charge on any atom is 0.228 e. The summed E-state index contributed by atoms with van der Waals surface area (Å²) < 4.78 is 0. The van der Waals surface area contributed by atoms with Crippen molar-refractivity contribution in [2.75, 3.05) is 18.0 Å². The standard InChI is InChI=1S/C18H23N3O/c1-18(2,3)17(22)21-15-8-9-16(21)12-20(11-15)14-6-4-13(10-19)5-7-14/h4-7,15-16H,8-9,11-12H2,1-3H3. The molecular formula is C18H23N3O.